The molecular weight excluding hydrogens is 1370 g/mol. The number of nitriles is 1. The third-order valence-corrected chi connectivity index (χ3v) is 19.3. The van der Waals surface area contributed by atoms with Crippen molar-refractivity contribution in [2.24, 2.45) is 5.92 Å². The summed E-state index contributed by atoms with van der Waals surface area (Å²) < 4.78 is 30.0. The van der Waals surface area contributed by atoms with Crippen molar-refractivity contribution in [1.82, 2.24) is 118 Å². The van der Waals surface area contributed by atoms with Crippen LogP contribution in [0.1, 0.15) is 105 Å². The Kier molecular flexibility index (Phi) is 23.1. The van der Waals surface area contributed by atoms with Gasteiger partial charge in [0.2, 0.25) is 47.6 Å². The number of nitrogen functional groups attached to an aromatic ring is 4. The molecule has 16 rings (SSSR count). The number of nitrogens with zero attached hydrogens (tertiary/aromatic N) is 29. The van der Waals surface area contributed by atoms with Gasteiger partial charge in [0.1, 0.15) is 50.9 Å². The van der Waals surface area contributed by atoms with Crippen LogP contribution in [0.5, 0.6) is 0 Å². The second-order valence-electron chi connectivity index (χ2n) is 26.3. The summed E-state index contributed by atoms with van der Waals surface area (Å²) in [5, 5.41) is 9.49. The Balaban J connectivity index is 0.000000126. The molecule has 37 nitrogen and oxygen atoms in total. The number of imidazole rings is 4. The largest absolute Gasteiger partial charge is 0.378 e. The molecule has 12 aromatic heterocycles. The van der Waals surface area contributed by atoms with Gasteiger partial charge < -0.3 is 75.2 Å². The van der Waals surface area contributed by atoms with Crippen molar-refractivity contribution >= 4 is 92.2 Å². The first-order valence-corrected chi connectivity index (χ1v) is 36.1. The van der Waals surface area contributed by atoms with Crippen LogP contribution in [0.4, 0.5) is 47.6 Å². The fourth-order valence-electron chi connectivity index (χ4n) is 12.6. The molecule has 4 fully saturated rings. The van der Waals surface area contributed by atoms with E-state index < -0.39 is 0 Å². The molecule has 4 aliphatic heterocycles. The number of fused-ring (bicyclic) bond motifs is 4. The van der Waals surface area contributed by atoms with Crippen molar-refractivity contribution < 1.29 is 18.9 Å². The maximum absolute atomic E-state index is 9.49. The van der Waals surface area contributed by atoms with Gasteiger partial charge in [0.05, 0.1) is 84.2 Å². The predicted octanol–water partition coefficient (Wildman–Crippen LogP) is 6.83. The Morgan fingerprint density at radius 1 is 0.355 bits per heavy atom. The summed E-state index contributed by atoms with van der Waals surface area (Å²) in [4.78, 5) is 98.0. The number of nitrogens with two attached hydrogens (primary N) is 4. The molecule has 0 aliphatic carbocycles. The first-order chi connectivity index (χ1) is 52.1. The Morgan fingerprint density at radius 3 is 0.907 bits per heavy atom. The molecule has 0 saturated carbocycles. The Morgan fingerprint density at radius 2 is 0.626 bits per heavy atom. The number of rotatable bonds is 17. The second kappa shape index (κ2) is 33.6. The van der Waals surface area contributed by atoms with Gasteiger partial charge in [0.15, 0.2) is 22.6 Å². The van der Waals surface area contributed by atoms with Crippen LogP contribution in [0.3, 0.4) is 0 Å². The van der Waals surface area contributed by atoms with Gasteiger partial charge in [-0.25, -0.2) is 79.7 Å². The van der Waals surface area contributed by atoms with Crippen molar-refractivity contribution in [3.05, 3.63) is 74.9 Å². The van der Waals surface area contributed by atoms with Crippen molar-refractivity contribution in [2.75, 3.05) is 148 Å². The third-order valence-electron chi connectivity index (χ3n) is 19.3. The lowest BCUT2D eigenvalue weighted by Crippen LogP contribution is -2.37. The van der Waals surface area contributed by atoms with Crippen LogP contribution < -0.4 is 42.5 Å². The molecule has 16 heterocycles. The van der Waals surface area contributed by atoms with Gasteiger partial charge in [0, 0.05) is 142 Å². The zero-order chi connectivity index (χ0) is 74.7. The minimum absolute atomic E-state index is 0.193. The highest BCUT2D eigenvalue weighted by molar-refractivity contribution is 5.91. The van der Waals surface area contributed by atoms with E-state index in [-0.39, 0.29) is 35.9 Å². The van der Waals surface area contributed by atoms with Gasteiger partial charge in [-0.2, -0.15) is 25.2 Å². The maximum Gasteiger partial charge on any atom is 0.228 e. The smallest absolute Gasteiger partial charge is 0.228 e. The topological polar surface area (TPSA) is 455 Å². The van der Waals surface area contributed by atoms with Gasteiger partial charge in [-0.05, 0) is 45.4 Å². The number of hydrogen-bond donors (Lipinski definition) is 4. The SMILES string of the molecule is CC(C)C(C)n1cnc2c(-c3cnc(N)nc3)nc(N3CCOCC3)nc21.CCC(C#N)n1cnc2c(-c3cnc(N)nc3)nc(N3CCOCC3)nc21.CCC(CC)n1cnc2c(-c3cnc(N)nc3)nc(N3CCOCC3)nc21.CC[C@@H](C)n1cnc2c(-c3cnc(N)nc3)nc(N3CCOCC3)nc21. The van der Waals surface area contributed by atoms with Crippen molar-refractivity contribution in [3.8, 4) is 51.1 Å². The number of aromatic nitrogens is 24. The maximum atomic E-state index is 9.49. The minimum Gasteiger partial charge on any atom is -0.378 e. The van der Waals surface area contributed by atoms with E-state index in [4.69, 9.17) is 81.8 Å². The molecule has 3 atom stereocenters. The molecule has 12 aromatic rings. The average molecular weight is 1460 g/mol. The van der Waals surface area contributed by atoms with E-state index in [2.05, 4.69) is 148 Å². The Hall–Kier alpha value is -11.8. The summed E-state index contributed by atoms with van der Waals surface area (Å²) in [5.74, 6) is 3.96. The highest BCUT2D eigenvalue weighted by Crippen LogP contribution is 2.35. The van der Waals surface area contributed by atoms with Crippen molar-refractivity contribution in [1.29, 1.82) is 5.26 Å². The normalized spacial score (nSPS) is 15.7. The summed E-state index contributed by atoms with van der Waals surface area (Å²) in [6, 6.07) is 2.85. The monoisotopic (exact) mass is 1460 g/mol. The standard InChI is InChI=1S/2C18H24N8O.C17H19N9O.C17H22N8O/c1-11(2)12(3)26-10-22-15-14(13-8-20-17(19)21-9-13)23-18(24-16(15)26)25-4-6-27-7-5-25;1-3-13(4-2)26-11-22-15-14(12-9-20-17(19)21-10-12)23-18(24-16(15)26)25-5-7-27-8-6-25;1-2-12(7-18)26-10-22-14-13(11-8-20-16(19)21-9-11)23-17(24-15(14)26)25-3-5-27-6-4-25;1-3-11(2)25-10-21-14-13(12-8-19-16(18)20-9-12)22-17(23-15(14)25)24-4-6-26-7-5-24/h8-12H,4-7H2,1-3H3,(H2,19,20,21);9-11,13H,3-8H2,1-2H3,(H2,19,20,21);8-10,12H,2-6H2,1H3,(H2,19,20,21);8-11H,3-7H2,1-2H3,(H2,18,19,20)/t;;;11-/m...1/s1. The van der Waals surface area contributed by atoms with Crippen LogP contribution in [-0.4, -0.2) is 223 Å². The van der Waals surface area contributed by atoms with E-state index in [9.17, 15) is 5.26 Å². The molecule has 0 aromatic carbocycles. The number of hydrogen-bond acceptors (Lipinski definition) is 33. The Labute approximate surface area is 616 Å². The third kappa shape index (κ3) is 16.2. The molecule has 2 unspecified atom stereocenters. The van der Waals surface area contributed by atoms with Crippen LogP contribution in [0.2, 0.25) is 0 Å². The lowest BCUT2D eigenvalue weighted by Gasteiger charge is -2.27. The summed E-state index contributed by atoms with van der Waals surface area (Å²) in [6.45, 7) is 28.4. The molecule has 0 spiro atoms. The van der Waals surface area contributed by atoms with Crippen LogP contribution in [-0.2, 0) is 18.9 Å². The van der Waals surface area contributed by atoms with E-state index >= 15 is 0 Å². The van der Waals surface area contributed by atoms with E-state index in [0.717, 1.165) is 126 Å². The van der Waals surface area contributed by atoms with Crippen LogP contribution in [0, 0.1) is 17.2 Å². The first-order valence-electron chi connectivity index (χ1n) is 36.1. The Bertz CT molecular complexity index is 4830. The highest BCUT2D eigenvalue weighted by atomic mass is 16.5. The summed E-state index contributed by atoms with van der Waals surface area (Å²) in [6.07, 6.45) is 24.2. The van der Waals surface area contributed by atoms with Crippen molar-refractivity contribution in [3.63, 3.8) is 0 Å². The molecule has 107 heavy (non-hydrogen) atoms. The first kappa shape index (κ1) is 73.6. The molecule has 37 heteroatoms. The fourth-order valence-corrected chi connectivity index (χ4v) is 12.6. The summed E-state index contributed by atoms with van der Waals surface area (Å²) >= 11 is 0. The number of morpholine rings is 4. The molecule has 558 valence electrons. The van der Waals surface area contributed by atoms with Gasteiger partial charge in [-0.3, -0.25) is 4.57 Å². The molecule has 8 N–H and O–H groups in total. The van der Waals surface area contributed by atoms with Crippen LogP contribution in [0.15, 0.2) is 74.9 Å². The lowest BCUT2D eigenvalue weighted by molar-refractivity contribution is 0.122. The number of ether oxygens (including phenoxy) is 4. The molecule has 0 bridgehead atoms. The van der Waals surface area contributed by atoms with Gasteiger partial charge >= 0.3 is 0 Å². The molecular formula is C70H89N33O4. The highest BCUT2D eigenvalue weighted by Gasteiger charge is 2.28. The predicted molar refractivity (Wildman–Crippen MR) is 404 cm³/mol. The van der Waals surface area contributed by atoms with E-state index in [0.29, 0.717) is 137 Å². The number of anilines is 8. The van der Waals surface area contributed by atoms with Crippen LogP contribution in [0.25, 0.3) is 89.7 Å². The molecule has 0 amide bonds. The average Bonchev–Trinajstić information content (AvgIpc) is 1.71. The zero-order valence-corrected chi connectivity index (χ0v) is 61.4. The van der Waals surface area contributed by atoms with Gasteiger partial charge in [-0.1, -0.05) is 41.5 Å². The minimum atomic E-state index is -0.349. The fraction of sp³-hybridized carbons (Fsp3) is 0.471. The second-order valence-corrected chi connectivity index (χ2v) is 26.3. The summed E-state index contributed by atoms with van der Waals surface area (Å²) in [5.41, 5.74) is 34.3. The van der Waals surface area contributed by atoms with E-state index in [1.807, 2.05) is 25.9 Å². The molecule has 4 saturated heterocycles. The summed E-state index contributed by atoms with van der Waals surface area (Å²) in [7, 11) is 0. The van der Waals surface area contributed by atoms with Crippen molar-refractivity contribution in [2.45, 2.75) is 105 Å². The quantitative estimate of drug-likeness (QED) is 0.0725. The van der Waals surface area contributed by atoms with Gasteiger partial charge in [0.25, 0.3) is 0 Å². The van der Waals surface area contributed by atoms with Crippen LogP contribution >= 0.6 is 0 Å². The van der Waals surface area contributed by atoms with E-state index in [1.165, 1.54) is 0 Å². The molecule has 0 radical (unpaired) electrons. The van der Waals surface area contributed by atoms with E-state index in [1.54, 1.807) is 60.5 Å². The zero-order valence-electron chi connectivity index (χ0n) is 61.4. The molecule has 4 aliphatic rings. The van der Waals surface area contributed by atoms with Gasteiger partial charge in [-0.15, -0.1) is 0 Å². The lowest BCUT2D eigenvalue weighted by atomic mass is 10.1.